The van der Waals surface area contributed by atoms with E-state index in [0.717, 1.165) is 31.2 Å². The number of hydrogen-bond acceptors (Lipinski definition) is 5. The molecule has 3 heterocycles. The summed E-state index contributed by atoms with van der Waals surface area (Å²) in [6.45, 7) is 13.0. The fourth-order valence-corrected chi connectivity index (χ4v) is 11.9. The van der Waals surface area contributed by atoms with Crippen LogP contribution in [-0.4, -0.2) is 90.2 Å². The SMILES string of the molecule is C=CCN(Cc1ccccc1)C(=O)[C@H]1[C@@H]2SC3(CC2Br)C(C(=O)N(CC=C)C2CCCCC2)N([C@@H](CO)CC(C)C)C(=O)[C@H]13. The lowest BCUT2D eigenvalue weighted by Gasteiger charge is -2.43. The highest BCUT2D eigenvalue weighted by molar-refractivity contribution is 9.09. The summed E-state index contributed by atoms with van der Waals surface area (Å²) in [6, 6.07) is 8.75. The van der Waals surface area contributed by atoms with Crippen molar-refractivity contribution < 1.29 is 19.5 Å². The Bertz CT molecular complexity index is 1220. The van der Waals surface area contributed by atoms with Gasteiger partial charge in [0.25, 0.3) is 0 Å². The first-order valence-electron chi connectivity index (χ1n) is 16.3. The van der Waals surface area contributed by atoms with Gasteiger partial charge < -0.3 is 19.8 Å². The van der Waals surface area contributed by atoms with Crippen molar-refractivity contribution in [3.63, 3.8) is 0 Å². The first-order chi connectivity index (χ1) is 21.2. The highest BCUT2D eigenvalue weighted by atomic mass is 79.9. The number of benzene rings is 1. The first kappa shape index (κ1) is 33.3. The molecule has 5 rings (SSSR count). The fraction of sp³-hybridized carbons (Fsp3) is 0.629. The Morgan fingerprint density at radius 2 is 1.80 bits per heavy atom. The average molecular weight is 687 g/mol. The lowest BCUT2D eigenvalue weighted by Crippen LogP contribution is -2.59. The van der Waals surface area contributed by atoms with Crippen molar-refractivity contribution in [2.45, 2.75) is 98.3 Å². The number of halogens is 1. The van der Waals surface area contributed by atoms with Crippen LogP contribution >= 0.6 is 27.7 Å². The van der Waals surface area contributed by atoms with Crippen LogP contribution in [0.5, 0.6) is 0 Å². The number of likely N-dealkylation sites (tertiary alicyclic amines) is 1. The highest BCUT2D eigenvalue weighted by Gasteiger charge is 2.76. The molecule has 3 amide bonds. The Labute approximate surface area is 275 Å². The summed E-state index contributed by atoms with van der Waals surface area (Å²) in [4.78, 5) is 49.8. The zero-order chi connectivity index (χ0) is 31.6. The van der Waals surface area contributed by atoms with E-state index in [-0.39, 0.29) is 46.4 Å². The summed E-state index contributed by atoms with van der Waals surface area (Å²) in [7, 11) is 0. The Morgan fingerprint density at radius 3 is 2.41 bits per heavy atom. The molecule has 1 aromatic rings. The van der Waals surface area contributed by atoms with Gasteiger partial charge in [-0.25, -0.2) is 0 Å². The molecule has 240 valence electrons. The molecule has 1 saturated carbocycles. The fourth-order valence-electron chi connectivity index (χ4n) is 8.35. The summed E-state index contributed by atoms with van der Waals surface area (Å²) in [5.74, 6) is -1.26. The number of rotatable bonds is 13. The topological polar surface area (TPSA) is 81.2 Å². The Morgan fingerprint density at radius 1 is 1.11 bits per heavy atom. The van der Waals surface area contributed by atoms with Crippen LogP contribution in [0.3, 0.4) is 0 Å². The van der Waals surface area contributed by atoms with Crippen molar-refractivity contribution in [3.8, 4) is 0 Å². The minimum absolute atomic E-state index is 0.0109. The van der Waals surface area contributed by atoms with E-state index in [2.05, 4.69) is 42.9 Å². The van der Waals surface area contributed by atoms with Crippen LogP contribution < -0.4 is 0 Å². The van der Waals surface area contributed by atoms with Crippen LogP contribution in [-0.2, 0) is 20.9 Å². The van der Waals surface area contributed by atoms with Crippen LogP contribution in [0.25, 0.3) is 0 Å². The molecular formula is C35H48BrN3O4S. The van der Waals surface area contributed by atoms with E-state index < -0.39 is 28.7 Å². The second-order valence-electron chi connectivity index (χ2n) is 13.4. The van der Waals surface area contributed by atoms with Gasteiger partial charge >= 0.3 is 0 Å². The third-order valence-corrected chi connectivity index (χ3v) is 13.3. The van der Waals surface area contributed by atoms with Crippen molar-refractivity contribution in [2.75, 3.05) is 19.7 Å². The largest absolute Gasteiger partial charge is 0.394 e. The number of aliphatic hydroxyl groups is 1. The maximum Gasteiger partial charge on any atom is 0.247 e. The molecule has 3 aliphatic heterocycles. The third-order valence-electron chi connectivity index (χ3n) is 10.1. The number of amides is 3. The van der Waals surface area contributed by atoms with Crippen LogP contribution in [0.15, 0.2) is 55.6 Å². The minimum atomic E-state index is -0.752. The Balaban J connectivity index is 1.57. The van der Waals surface area contributed by atoms with Crippen molar-refractivity contribution in [1.29, 1.82) is 0 Å². The molecule has 0 aromatic heterocycles. The molecule has 0 radical (unpaired) electrons. The lowest BCUT2D eigenvalue weighted by molar-refractivity contribution is -0.148. The number of aliphatic hydroxyl groups excluding tert-OH is 1. The number of fused-ring (bicyclic) bond motifs is 1. The maximum atomic E-state index is 14.9. The van der Waals surface area contributed by atoms with E-state index in [0.29, 0.717) is 32.5 Å². The van der Waals surface area contributed by atoms with Crippen LogP contribution in [0.4, 0.5) is 0 Å². The number of alkyl halides is 1. The van der Waals surface area contributed by atoms with Gasteiger partial charge in [-0.3, -0.25) is 14.4 Å². The Kier molecular flexibility index (Phi) is 10.7. The van der Waals surface area contributed by atoms with Gasteiger partial charge in [0.1, 0.15) is 6.04 Å². The van der Waals surface area contributed by atoms with Crippen molar-refractivity contribution >= 4 is 45.4 Å². The predicted molar refractivity (Wildman–Crippen MR) is 180 cm³/mol. The minimum Gasteiger partial charge on any atom is -0.394 e. The molecule has 3 unspecified atom stereocenters. The first-order valence-corrected chi connectivity index (χ1v) is 18.1. The number of carbonyl (C=O) groups excluding carboxylic acids is 3. The van der Waals surface area contributed by atoms with Gasteiger partial charge in [-0.15, -0.1) is 24.9 Å². The van der Waals surface area contributed by atoms with Gasteiger partial charge in [0, 0.05) is 35.8 Å². The van der Waals surface area contributed by atoms with Gasteiger partial charge in [0.15, 0.2) is 0 Å². The molecule has 1 aromatic carbocycles. The van der Waals surface area contributed by atoms with Crippen molar-refractivity contribution in [3.05, 3.63) is 61.2 Å². The summed E-state index contributed by atoms with van der Waals surface area (Å²) in [5.41, 5.74) is 1.01. The van der Waals surface area contributed by atoms with E-state index >= 15 is 0 Å². The second-order valence-corrected chi connectivity index (χ2v) is 16.2. The van der Waals surface area contributed by atoms with E-state index in [9.17, 15) is 19.5 Å². The maximum absolute atomic E-state index is 14.9. The number of thioether (sulfide) groups is 1. The molecule has 1 aliphatic carbocycles. The molecule has 9 heteroatoms. The molecule has 2 bridgehead atoms. The molecule has 4 fully saturated rings. The van der Waals surface area contributed by atoms with E-state index in [4.69, 9.17) is 0 Å². The second kappa shape index (κ2) is 14.1. The summed E-state index contributed by atoms with van der Waals surface area (Å²) in [6.07, 6.45) is 9.95. The van der Waals surface area contributed by atoms with Gasteiger partial charge in [-0.1, -0.05) is 91.5 Å². The van der Waals surface area contributed by atoms with E-state index in [1.54, 1.807) is 33.7 Å². The van der Waals surface area contributed by atoms with E-state index in [1.165, 1.54) is 6.42 Å². The van der Waals surface area contributed by atoms with Crippen LogP contribution in [0.2, 0.25) is 0 Å². The summed E-state index contributed by atoms with van der Waals surface area (Å²) in [5, 5.41) is 10.6. The van der Waals surface area contributed by atoms with Crippen LogP contribution in [0, 0.1) is 17.8 Å². The lowest BCUT2D eigenvalue weighted by atomic mass is 9.70. The van der Waals surface area contributed by atoms with Gasteiger partial charge in [-0.05, 0) is 37.2 Å². The van der Waals surface area contributed by atoms with Gasteiger partial charge in [-0.2, -0.15) is 0 Å². The molecule has 1 spiro atoms. The zero-order valence-corrected chi connectivity index (χ0v) is 28.6. The normalized spacial score (nSPS) is 30.3. The molecule has 44 heavy (non-hydrogen) atoms. The average Bonchev–Trinajstić information content (AvgIpc) is 3.62. The number of carbonyl (C=O) groups is 3. The highest BCUT2D eigenvalue weighted by Crippen LogP contribution is 2.68. The quantitative estimate of drug-likeness (QED) is 0.222. The molecule has 1 N–H and O–H groups in total. The standard InChI is InChI=1S/C35H48BrN3O4S/c1-5-17-37(21-24-13-9-7-10-14-24)32(41)28-29-33(42)39(26(22-40)19-23(3)4)31(35(29)20-27(36)30(28)44-35)34(43)38(18-6-2)25-15-11-8-12-16-25/h5-7,9-10,13-14,23,25-31,40H,1-2,8,11-12,15-22H2,3-4H3/t26-,27?,28-,29+,30-,31?,35?/m1/s1. The summed E-state index contributed by atoms with van der Waals surface area (Å²) < 4.78 is -0.752. The molecule has 7 nitrogen and oxygen atoms in total. The van der Waals surface area contributed by atoms with Crippen LogP contribution in [0.1, 0.15) is 64.4 Å². The third kappa shape index (κ3) is 6.05. The predicted octanol–water partition coefficient (Wildman–Crippen LogP) is 5.42. The van der Waals surface area contributed by atoms with Gasteiger partial charge in [0.2, 0.25) is 17.7 Å². The van der Waals surface area contributed by atoms with Crippen molar-refractivity contribution in [1.82, 2.24) is 14.7 Å². The monoisotopic (exact) mass is 685 g/mol. The molecule has 3 saturated heterocycles. The zero-order valence-electron chi connectivity index (χ0n) is 26.2. The van der Waals surface area contributed by atoms with Crippen molar-refractivity contribution in [2.24, 2.45) is 17.8 Å². The van der Waals surface area contributed by atoms with Gasteiger partial charge in [0.05, 0.1) is 29.2 Å². The number of hydrogen-bond donors (Lipinski definition) is 1. The molecule has 7 atom stereocenters. The Hall–Kier alpha value is -2.10. The molecule has 4 aliphatic rings. The summed E-state index contributed by atoms with van der Waals surface area (Å²) >= 11 is 5.58. The number of nitrogens with zero attached hydrogens (tertiary/aromatic N) is 3. The molecular weight excluding hydrogens is 638 g/mol. The smallest absolute Gasteiger partial charge is 0.247 e. The van der Waals surface area contributed by atoms with E-state index in [1.807, 2.05) is 35.2 Å².